The van der Waals surface area contributed by atoms with E-state index in [9.17, 15) is 9.50 Å². The number of aromatic nitrogens is 1. The second-order valence-corrected chi connectivity index (χ2v) is 6.26. The maximum absolute atomic E-state index is 13.7. The fourth-order valence-electron chi connectivity index (χ4n) is 3.06. The van der Waals surface area contributed by atoms with Gasteiger partial charge in [0.1, 0.15) is 5.82 Å². The number of ether oxygens (including phenoxy) is 1. The van der Waals surface area contributed by atoms with Gasteiger partial charge in [-0.25, -0.2) is 9.37 Å². The topological polar surface area (TPSA) is 45.6 Å². The van der Waals surface area contributed by atoms with Crippen molar-refractivity contribution in [2.45, 2.75) is 18.9 Å². The highest BCUT2D eigenvalue weighted by atomic mass is 19.1. The standard InChI is InChI=1S/C19H23FN2O2/c20-17-6-2-1-5-16(17)18(23)13-22-11-8-15(9-12-22)14-24-19-7-3-4-10-21-19/h1-7,10,15,18,23H,8-9,11-14H2. The minimum atomic E-state index is -0.785. The first-order chi connectivity index (χ1) is 11.7. The van der Waals surface area contributed by atoms with E-state index in [4.69, 9.17) is 4.74 Å². The fourth-order valence-corrected chi connectivity index (χ4v) is 3.06. The van der Waals surface area contributed by atoms with Crippen molar-refractivity contribution in [3.8, 4) is 5.88 Å². The van der Waals surface area contributed by atoms with E-state index in [-0.39, 0.29) is 5.82 Å². The molecule has 0 radical (unpaired) electrons. The summed E-state index contributed by atoms with van der Waals surface area (Å²) >= 11 is 0. The zero-order chi connectivity index (χ0) is 16.8. The molecule has 0 amide bonds. The van der Waals surface area contributed by atoms with Gasteiger partial charge in [-0.05, 0) is 44.0 Å². The van der Waals surface area contributed by atoms with Crippen molar-refractivity contribution in [3.05, 3.63) is 60.0 Å². The van der Waals surface area contributed by atoms with E-state index < -0.39 is 6.10 Å². The zero-order valence-corrected chi connectivity index (χ0v) is 13.6. The Kier molecular flexibility index (Phi) is 5.77. The van der Waals surface area contributed by atoms with Crippen LogP contribution in [-0.4, -0.2) is 41.2 Å². The van der Waals surface area contributed by atoms with Crippen molar-refractivity contribution in [2.24, 2.45) is 5.92 Å². The molecular weight excluding hydrogens is 307 g/mol. The zero-order valence-electron chi connectivity index (χ0n) is 13.6. The van der Waals surface area contributed by atoms with Crippen LogP contribution in [-0.2, 0) is 0 Å². The third kappa shape index (κ3) is 4.52. The van der Waals surface area contributed by atoms with Crippen LogP contribution in [0.2, 0.25) is 0 Å². The van der Waals surface area contributed by atoms with Crippen molar-refractivity contribution in [1.82, 2.24) is 9.88 Å². The number of benzene rings is 1. The van der Waals surface area contributed by atoms with E-state index in [1.54, 1.807) is 24.4 Å². The first-order valence-electron chi connectivity index (χ1n) is 8.41. The van der Waals surface area contributed by atoms with E-state index in [0.29, 0.717) is 30.5 Å². The first-order valence-corrected chi connectivity index (χ1v) is 8.41. The molecule has 0 aliphatic carbocycles. The predicted molar refractivity (Wildman–Crippen MR) is 90.3 cm³/mol. The summed E-state index contributed by atoms with van der Waals surface area (Å²) in [7, 11) is 0. The van der Waals surface area contributed by atoms with Crippen molar-refractivity contribution < 1.29 is 14.2 Å². The lowest BCUT2D eigenvalue weighted by atomic mass is 9.97. The monoisotopic (exact) mass is 330 g/mol. The first kappa shape index (κ1) is 16.9. The maximum Gasteiger partial charge on any atom is 0.213 e. The molecule has 1 unspecified atom stereocenters. The summed E-state index contributed by atoms with van der Waals surface area (Å²) in [5.74, 6) is 0.812. The van der Waals surface area contributed by atoms with Gasteiger partial charge >= 0.3 is 0 Å². The lowest BCUT2D eigenvalue weighted by molar-refractivity contribution is 0.0770. The van der Waals surface area contributed by atoms with E-state index in [1.807, 2.05) is 18.2 Å². The summed E-state index contributed by atoms with van der Waals surface area (Å²) in [4.78, 5) is 6.35. The molecule has 4 nitrogen and oxygen atoms in total. The maximum atomic E-state index is 13.7. The van der Waals surface area contributed by atoms with Crippen LogP contribution in [0.3, 0.4) is 0 Å². The van der Waals surface area contributed by atoms with Crippen LogP contribution in [0.4, 0.5) is 4.39 Å². The largest absolute Gasteiger partial charge is 0.477 e. The van der Waals surface area contributed by atoms with Gasteiger partial charge in [0.2, 0.25) is 5.88 Å². The minimum absolute atomic E-state index is 0.344. The van der Waals surface area contributed by atoms with E-state index in [0.717, 1.165) is 25.9 Å². The number of piperidine rings is 1. The Bertz CT molecular complexity index is 630. The van der Waals surface area contributed by atoms with E-state index >= 15 is 0 Å². The highest BCUT2D eigenvalue weighted by Crippen LogP contribution is 2.22. The molecule has 1 saturated heterocycles. The normalized spacial score (nSPS) is 17.6. The molecule has 1 N–H and O–H groups in total. The molecule has 24 heavy (non-hydrogen) atoms. The van der Waals surface area contributed by atoms with Gasteiger partial charge in [-0.2, -0.15) is 0 Å². The SMILES string of the molecule is OC(CN1CCC(COc2ccccn2)CC1)c1ccccc1F. The van der Waals surface area contributed by atoms with E-state index in [2.05, 4.69) is 9.88 Å². The smallest absolute Gasteiger partial charge is 0.213 e. The number of pyridine rings is 1. The summed E-state index contributed by atoms with van der Waals surface area (Å²) in [5, 5.41) is 10.3. The van der Waals surface area contributed by atoms with Gasteiger partial charge in [0.15, 0.2) is 0 Å². The number of nitrogens with zero attached hydrogens (tertiary/aromatic N) is 2. The van der Waals surface area contributed by atoms with Crippen molar-refractivity contribution in [2.75, 3.05) is 26.2 Å². The van der Waals surface area contributed by atoms with Crippen LogP contribution in [0.15, 0.2) is 48.7 Å². The molecule has 1 atom stereocenters. The van der Waals surface area contributed by atoms with Gasteiger partial charge in [0, 0.05) is 24.4 Å². The highest BCUT2D eigenvalue weighted by Gasteiger charge is 2.23. The number of β-amino-alcohol motifs (C(OH)–C–C–N with tert-alkyl or cyclic N) is 1. The van der Waals surface area contributed by atoms with Crippen molar-refractivity contribution in [3.63, 3.8) is 0 Å². The van der Waals surface area contributed by atoms with Crippen molar-refractivity contribution >= 4 is 0 Å². The molecule has 2 heterocycles. The highest BCUT2D eigenvalue weighted by molar-refractivity contribution is 5.20. The Morgan fingerprint density at radius 3 is 2.62 bits per heavy atom. The lowest BCUT2D eigenvalue weighted by Gasteiger charge is -2.33. The molecule has 1 fully saturated rings. The summed E-state index contributed by atoms with van der Waals surface area (Å²) in [6.45, 7) is 2.92. The van der Waals surface area contributed by atoms with Crippen LogP contribution in [0.1, 0.15) is 24.5 Å². The van der Waals surface area contributed by atoms with Gasteiger partial charge in [-0.1, -0.05) is 24.3 Å². The molecule has 1 aliphatic heterocycles. The summed E-state index contributed by atoms with van der Waals surface area (Å²) in [6.07, 6.45) is 2.96. The molecule has 2 aromatic rings. The van der Waals surface area contributed by atoms with Crippen LogP contribution >= 0.6 is 0 Å². The summed E-state index contributed by atoms with van der Waals surface area (Å²) in [5.41, 5.74) is 0.373. The Morgan fingerprint density at radius 1 is 1.17 bits per heavy atom. The second-order valence-electron chi connectivity index (χ2n) is 6.26. The number of aliphatic hydroxyl groups excluding tert-OH is 1. The number of aliphatic hydroxyl groups is 1. The van der Waals surface area contributed by atoms with Crippen LogP contribution in [0.5, 0.6) is 5.88 Å². The molecule has 3 rings (SSSR count). The molecule has 0 bridgehead atoms. The predicted octanol–water partition coefficient (Wildman–Crippen LogP) is 3.05. The minimum Gasteiger partial charge on any atom is -0.477 e. The fraction of sp³-hybridized carbons (Fsp3) is 0.421. The van der Waals surface area contributed by atoms with Gasteiger partial charge in [0.25, 0.3) is 0 Å². The number of likely N-dealkylation sites (tertiary alicyclic amines) is 1. The number of hydrogen-bond acceptors (Lipinski definition) is 4. The molecule has 5 heteroatoms. The van der Waals surface area contributed by atoms with E-state index in [1.165, 1.54) is 6.07 Å². The molecule has 0 spiro atoms. The lowest BCUT2D eigenvalue weighted by Crippen LogP contribution is -2.38. The van der Waals surface area contributed by atoms with Crippen molar-refractivity contribution in [1.29, 1.82) is 0 Å². The summed E-state index contributed by atoms with van der Waals surface area (Å²) in [6, 6.07) is 12.1. The number of hydrogen-bond donors (Lipinski definition) is 1. The molecule has 0 saturated carbocycles. The average Bonchev–Trinajstić information content (AvgIpc) is 2.62. The Balaban J connectivity index is 1.43. The molecule has 1 aromatic carbocycles. The Hall–Kier alpha value is -1.98. The average molecular weight is 330 g/mol. The Morgan fingerprint density at radius 2 is 1.92 bits per heavy atom. The molecule has 128 valence electrons. The van der Waals surface area contributed by atoms with Crippen LogP contribution in [0, 0.1) is 11.7 Å². The quantitative estimate of drug-likeness (QED) is 0.884. The number of halogens is 1. The van der Waals surface area contributed by atoms with Gasteiger partial charge < -0.3 is 14.7 Å². The Labute approximate surface area is 141 Å². The second kappa shape index (κ2) is 8.22. The van der Waals surface area contributed by atoms with Gasteiger partial charge in [-0.15, -0.1) is 0 Å². The number of rotatable bonds is 6. The third-order valence-electron chi connectivity index (χ3n) is 4.51. The summed E-state index contributed by atoms with van der Waals surface area (Å²) < 4.78 is 19.4. The third-order valence-corrected chi connectivity index (χ3v) is 4.51. The van der Waals surface area contributed by atoms with Gasteiger partial charge in [-0.3, -0.25) is 0 Å². The molecule has 1 aromatic heterocycles. The molecular formula is C19H23FN2O2. The van der Waals surface area contributed by atoms with Gasteiger partial charge in [0.05, 0.1) is 12.7 Å². The van der Waals surface area contributed by atoms with Crippen LogP contribution < -0.4 is 4.74 Å². The van der Waals surface area contributed by atoms with Crippen LogP contribution in [0.25, 0.3) is 0 Å². The molecule has 1 aliphatic rings.